The number of alkyl carbamates (subject to hydrolysis) is 1. The van der Waals surface area contributed by atoms with Crippen LogP contribution in [0.5, 0.6) is 0 Å². The average molecular weight is 297 g/mol. The van der Waals surface area contributed by atoms with E-state index in [1.807, 2.05) is 0 Å². The molecule has 1 aromatic heterocycles. The van der Waals surface area contributed by atoms with Crippen molar-refractivity contribution in [1.29, 1.82) is 0 Å². The Bertz CT molecular complexity index is 1070. The Morgan fingerprint density at radius 3 is 3.14 bits per heavy atom. The molecule has 0 spiro atoms. The van der Waals surface area contributed by atoms with E-state index < -0.39 is 61.4 Å². The second-order valence-corrected chi connectivity index (χ2v) is 4.85. The normalized spacial score (nSPS) is 26.9. The van der Waals surface area contributed by atoms with Gasteiger partial charge in [0.05, 0.1) is 11.5 Å². The Morgan fingerprint density at radius 1 is 1.57 bits per heavy atom. The minimum atomic E-state index is -2.66. The number of nitrogens with one attached hydrogen (secondary N) is 2. The highest BCUT2D eigenvalue weighted by molar-refractivity contribution is 5.84. The van der Waals surface area contributed by atoms with Crippen molar-refractivity contribution in [2.45, 2.75) is 18.8 Å². The van der Waals surface area contributed by atoms with Crippen LogP contribution in [0.15, 0.2) is 24.3 Å². The number of carbonyl (C=O) groups excluding carboxylic acids is 1. The molecular weight excluding hydrogens is 266 g/mol. The number of aromatic nitrogens is 1. The molecule has 1 fully saturated rings. The van der Waals surface area contributed by atoms with Gasteiger partial charge in [-0.2, -0.15) is 0 Å². The molecule has 0 radical (unpaired) electrons. The predicted molar refractivity (Wildman–Crippen MR) is 82.5 cm³/mol. The van der Waals surface area contributed by atoms with Crippen LogP contribution < -0.4 is 5.31 Å². The molecule has 1 aromatic carbocycles. The van der Waals surface area contributed by atoms with Crippen molar-refractivity contribution in [2.75, 3.05) is 27.2 Å². The van der Waals surface area contributed by atoms with E-state index in [9.17, 15) is 4.79 Å². The lowest BCUT2D eigenvalue weighted by molar-refractivity contribution is 0.177. The number of cyclic esters (lactones) is 1. The largest absolute Gasteiger partial charge is 0.447 e. The summed E-state index contributed by atoms with van der Waals surface area (Å²) in [5.74, 6) is 0. The number of likely N-dealkylation sites (N-methyl/N-ethyl adjacent to an activating group) is 1. The molecule has 0 bridgehead atoms. The Hall–Kier alpha value is -2.01. The molecule has 2 N–H and O–H groups in total. The van der Waals surface area contributed by atoms with Crippen LogP contribution in [-0.2, 0) is 17.5 Å². The molecule has 1 saturated heterocycles. The van der Waals surface area contributed by atoms with Gasteiger partial charge in [-0.3, -0.25) is 0 Å². The molecule has 5 nitrogen and oxygen atoms in total. The van der Waals surface area contributed by atoms with Crippen LogP contribution in [0.25, 0.3) is 10.9 Å². The lowest BCUT2D eigenvalue weighted by Crippen LogP contribution is -2.28. The third kappa shape index (κ3) is 3.19. The van der Waals surface area contributed by atoms with E-state index in [4.69, 9.17) is 13.8 Å². The van der Waals surface area contributed by atoms with Crippen LogP contribution in [0.2, 0.25) is 2.82 Å². The minimum absolute atomic E-state index is 0.207. The van der Waals surface area contributed by atoms with Gasteiger partial charge in [-0.05, 0) is 50.1 Å². The third-order valence-electron chi connectivity index (χ3n) is 2.83. The number of hydrogen-bond acceptors (Lipinski definition) is 3. The van der Waals surface area contributed by atoms with Gasteiger partial charge in [-0.15, -0.1) is 0 Å². The van der Waals surface area contributed by atoms with E-state index in [0.717, 1.165) is 0 Å². The first-order valence-corrected chi connectivity index (χ1v) is 6.39. The van der Waals surface area contributed by atoms with Crippen LogP contribution >= 0.6 is 0 Å². The molecule has 2 heterocycles. The second-order valence-electron chi connectivity index (χ2n) is 4.85. The fourth-order valence-corrected chi connectivity index (χ4v) is 1.86. The Morgan fingerprint density at radius 2 is 2.43 bits per heavy atom. The average Bonchev–Trinajstić information content (AvgIpc) is 3.10. The maximum atomic E-state index is 11.6. The summed E-state index contributed by atoms with van der Waals surface area (Å²) in [6.07, 6.45) is -6.59. The summed E-state index contributed by atoms with van der Waals surface area (Å²) >= 11 is 0. The highest BCUT2D eigenvalue weighted by Gasteiger charge is 2.22. The topological polar surface area (TPSA) is 57.4 Å². The molecule has 1 amide bonds. The number of carbonyl (C=O) groups is 1. The SMILES string of the molecule is [2H]c1c(C([2H])([2H])[C@H]2COC(=O)N2[2H])c([2H])c2c(C([2H])([2H])CN(C)C)c([2H])n([2H])c2c1[2H]. The van der Waals surface area contributed by atoms with Gasteiger partial charge in [0.2, 0.25) is 0 Å². The zero-order chi connectivity index (χ0) is 23.6. The monoisotopic (exact) mass is 297 g/mol. The Kier molecular flexibility index (Phi) is 1.76. The number of benzene rings is 1. The van der Waals surface area contributed by atoms with Crippen LogP contribution in [0.3, 0.4) is 0 Å². The van der Waals surface area contributed by atoms with Gasteiger partial charge < -0.3 is 19.9 Å². The number of amides is 1. The van der Waals surface area contributed by atoms with E-state index in [-0.39, 0.29) is 28.3 Å². The quantitative estimate of drug-likeness (QED) is 0.886. The van der Waals surface area contributed by atoms with Gasteiger partial charge in [-0.25, -0.2) is 4.79 Å². The number of H-pyrrole nitrogens is 1. The van der Waals surface area contributed by atoms with Crippen molar-refractivity contribution >= 4 is 17.0 Å². The Labute approximate surface area is 138 Å². The summed E-state index contributed by atoms with van der Waals surface area (Å²) in [5.41, 5.74) is -1.33. The summed E-state index contributed by atoms with van der Waals surface area (Å²) in [6.45, 7) is -0.710. The van der Waals surface area contributed by atoms with Gasteiger partial charge >= 0.3 is 6.09 Å². The molecule has 5 heteroatoms. The van der Waals surface area contributed by atoms with Crippen molar-refractivity contribution in [3.63, 3.8) is 0 Å². The molecule has 1 aliphatic heterocycles. The van der Waals surface area contributed by atoms with Crippen molar-refractivity contribution < 1.29 is 23.3 Å². The zero-order valence-electron chi connectivity index (χ0n) is 21.6. The molecule has 21 heavy (non-hydrogen) atoms. The summed E-state index contributed by atoms with van der Waals surface area (Å²) < 4.78 is 87.8. The van der Waals surface area contributed by atoms with Gasteiger partial charge in [0.15, 0.2) is 2.82 Å². The molecule has 1 aliphatic rings. The lowest BCUT2D eigenvalue weighted by atomic mass is 10.0. The Balaban J connectivity index is 2.39. The standard InChI is InChI=1S/C16H21N3O2/c1-19(2)6-5-12-9-17-15-4-3-11(8-14(12)15)7-13-10-21-16(20)18-13/h3-4,8-9,13,17H,5-7,10H2,1-2H3,(H,18,20)/t13-/m0/s1/i3D,4D,5D2,7D2,8D,9D/hD2. The maximum Gasteiger partial charge on any atom is 0.407 e. The van der Waals surface area contributed by atoms with Crippen molar-refractivity contribution in [2.24, 2.45) is 0 Å². The number of rotatable bonds is 5. The maximum absolute atomic E-state index is 11.6. The molecule has 2 aromatic rings. The number of hydrogen-bond donors (Lipinski definition) is 2. The summed E-state index contributed by atoms with van der Waals surface area (Å²) in [7, 11) is 3.20. The van der Waals surface area contributed by atoms with Gasteiger partial charge in [-0.1, -0.05) is 6.04 Å². The van der Waals surface area contributed by atoms with Crippen LogP contribution in [0.1, 0.15) is 22.1 Å². The van der Waals surface area contributed by atoms with E-state index >= 15 is 0 Å². The highest BCUT2D eigenvalue weighted by atomic mass is 16.6. The third-order valence-corrected chi connectivity index (χ3v) is 2.83. The van der Waals surface area contributed by atoms with Gasteiger partial charge in [0, 0.05) is 29.1 Å². The van der Waals surface area contributed by atoms with E-state index in [1.54, 1.807) is 14.1 Å². The lowest BCUT2D eigenvalue weighted by Gasteiger charge is -2.09. The molecular formula is C16H21N3O2. The predicted octanol–water partition coefficient (Wildman–Crippen LogP) is 1.92. The van der Waals surface area contributed by atoms with Crippen LogP contribution in [0.4, 0.5) is 4.79 Å². The highest BCUT2D eigenvalue weighted by Crippen LogP contribution is 2.21. The first kappa shape index (κ1) is 6.40. The van der Waals surface area contributed by atoms with E-state index in [1.165, 1.54) is 4.90 Å². The van der Waals surface area contributed by atoms with Gasteiger partial charge in [0.1, 0.15) is 6.61 Å². The minimum Gasteiger partial charge on any atom is -0.447 e. The number of ether oxygens (including phenoxy) is 1. The first-order chi connectivity index (χ1) is 14.1. The molecule has 3 rings (SSSR count). The summed E-state index contributed by atoms with van der Waals surface area (Å²) in [4.78, 5) is 13.5. The van der Waals surface area contributed by atoms with Crippen molar-refractivity contribution in [3.05, 3.63) is 35.4 Å². The molecule has 0 saturated carbocycles. The number of aromatic amines is 1. The fourth-order valence-electron chi connectivity index (χ4n) is 1.86. The molecule has 1 atom stereocenters. The number of fused-ring (bicyclic) bond motifs is 1. The first-order valence-electron chi connectivity index (χ1n) is 11.3. The second kappa shape index (κ2) is 5.77. The van der Waals surface area contributed by atoms with Gasteiger partial charge in [0.25, 0.3) is 0 Å². The molecule has 0 aliphatic carbocycles. The smallest absolute Gasteiger partial charge is 0.407 e. The van der Waals surface area contributed by atoms with Crippen molar-refractivity contribution in [3.8, 4) is 0 Å². The fraction of sp³-hybridized carbons (Fsp3) is 0.438. The molecule has 0 unspecified atom stereocenters. The summed E-state index contributed by atoms with van der Waals surface area (Å²) in [6, 6.07) is -3.55. The van der Waals surface area contributed by atoms with E-state index in [2.05, 4.69) is 4.74 Å². The van der Waals surface area contributed by atoms with E-state index in [0.29, 0.717) is 4.98 Å². The molecule has 112 valence electrons. The van der Waals surface area contributed by atoms with Crippen molar-refractivity contribution in [1.82, 2.24) is 15.2 Å². The number of nitrogens with zero attached hydrogens (tertiary/aromatic N) is 1. The summed E-state index contributed by atoms with van der Waals surface area (Å²) in [5, 5.41) is -0.0432. The van der Waals surface area contributed by atoms with Crippen LogP contribution in [-0.4, -0.2) is 49.3 Å². The zero-order valence-corrected chi connectivity index (χ0v) is 11.6. The van der Waals surface area contributed by atoms with Crippen LogP contribution in [0, 0.1) is 0 Å².